The van der Waals surface area contributed by atoms with E-state index in [4.69, 9.17) is 0 Å². The van der Waals surface area contributed by atoms with Crippen LogP contribution in [-0.2, 0) is 0 Å². The molecule has 0 aliphatic rings. The molecule has 0 saturated carbocycles. The second kappa shape index (κ2) is 4.42. The minimum Gasteiger partial charge on any atom is -0.299 e. The van der Waals surface area contributed by atoms with E-state index in [1.54, 1.807) is 0 Å². The van der Waals surface area contributed by atoms with Crippen LogP contribution in [-0.4, -0.2) is 9.55 Å². The number of hydrogen-bond donors (Lipinski definition) is 0. The highest BCUT2D eigenvalue weighted by atomic mass is 32.1. The zero-order valence-corrected chi connectivity index (χ0v) is 12.5. The Morgan fingerprint density at radius 1 is 0.818 bits per heavy atom. The van der Waals surface area contributed by atoms with Crippen LogP contribution >= 0.6 is 11.3 Å². The average Bonchev–Trinajstić information content (AvgIpc) is 3.10. The first-order valence-corrected chi connectivity index (χ1v) is 8.07. The fourth-order valence-electron chi connectivity index (χ4n) is 3.13. The largest absolute Gasteiger partial charge is 0.299 e. The molecular weight excluding hydrogens is 288 g/mol. The fourth-order valence-corrected chi connectivity index (χ4v) is 4.37. The first-order valence-electron chi connectivity index (χ1n) is 7.25. The highest BCUT2D eigenvalue weighted by molar-refractivity contribution is 7.25. The van der Waals surface area contributed by atoms with Crippen molar-refractivity contribution in [2.24, 2.45) is 0 Å². The second-order valence-electron chi connectivity index (χ2n) is 5.32. The van der Waals surface area contributed by atoms with Crippen LogP contribution in [0.15, 0.2) is 72.9 Å². The highest BCUT2D eigenvalue weighted by Crippen LogP contribution is 2.41. The van der Waals surface area contributed by atoms with Gasteiger partial charge in [-0.1, -0.05) is 36.4 Å². The molecule has 0 radical (unpaired) electrons. The van der Waals surface area contributed by atoms with Crippen molar-refractivity contribution in [1.82, 2.24) is 9.55 Å². The standard InChI is InChI=1S/C19H12N2S/c1-2-7-13(8-3-1)21-15-10-6-12-20-18(15)17-14-9-4-5-11-16(14)22-19(17)21/h1-12H. The monoisotopic (exact) mass is 300 g/mol. The van der Waals surface area contributed by atoms with Crippen LogP contribution in [0, 0.1) is 0 Å². The van der Waals surface area contributed by atoms with E-state index in [-0.39, 0.29) is 0 Å². The minimum atomic E-state index is 1.08. The van der Waals surface area contributed by atoms with Crippen molar-refractivity contribution in [1.29, 1.82) is 0 Å². The topological polar surface area (TPSA) is 17.8 Å². The van der Waals surface area contributed by atoms with Gasteiger partial charge in [0.15, 0.2) is 0 Å². The number of para-hydroxylation sites is 1. The van der Waals surface area contributed by atoms with E-state index in [1.165, 1.54) is 31.5 Å². The lowest BCUT2D eigenvalue weighted by Gasteiger charge is -2.05. The molecule has 0 amide bonds. The third-order valence-corrected chi connectivity index (χ3v) is 5.21. The van der Waals surface area contributed by atoms with Crippen LogP contribution in [0.2, 0.25) is 0 Å². The van der Waals surface area contributed by atoms with E-state index >= 15 is 0 Å². The molecule has 0 saturated heterocycles. The molecule has 0 aliphatic carbocycles. The Labute approximate surface area is 131 Å². The van der Waals surface area contributed by atoms with Gasteiger partial charge in [-0.05, 0) is 30.3 Å². The number of fused-ring (bicyclic) bond motifs is 5. The van der Waals surface area contributed by atoms with Crippen LogP contribution in [0.25, 0.3) is 37.0 Å². The van der Waals surface area contributed by atoms with Gasteiger partial charge in [0.25, 0.3) is 0 Å². The van der Waals surface area contributed by atoms with Crippen LogP contribution in [0.1, 0.15) is 0 Å². The van der Waals surface area contributed by atoms with Gasteiger partial charge in [0.05, 0.1) is 11.0 Å². The van der Waals surface area contributed by atoms with E-state index in [0.29, 0.717) is 0 Å². The Balaban J connectivity index is 2.07. The van der Waals surface area contributed by atoms with Gasteiger partial charge < -0.3 is 0 Å². The van der Waals surface area contributed by atoms with E-state index < -0.39 is 0 Å². The molecule has 0 unspecified atom stereocenters. The van der Waals surface area contributed by atoms with E-state index in [9.17, 15) is 0 Å². The van der Waals surface area contributed by atoms with E-state index in [1.807, 2.05) is 23.6 Å². The third kappa shape index (κ3) is 1.51. The molecule has 2 nitrogen and oxygen atoms in total. The molecule has 0 N–H and O–H groups in total. The summed E-state index contributed by atoms with van der Waals surface area (Å²) in [7, 11) is 0. The molecule has 3 aromatic heterocycles. The van der Waals surface area contributed by atoms with Gasteiger partial charge in [0.1, 0.15) is 4.83 Å². The maximum Gasteiger partial charge on any atom is 0.111 e. The maximum absolute atomic E-state index is 4.66. The molecular formula is C19H12N2S. The van der Waals surface area contributed by atoms with Gasteiger partial charge in [-0.25, -0.2) is 0 Å². The Morgan fingerprint density at radius 3 is 2.55 bits per heavy atom. The Hall–Kier alpha value is -2.65. The van der Waals surface area contributed by atoms with Crippen LogP contribution < -0.4 is 0 Å². The zero-order valence-electron chi connectivity index (χ0n) is 11.7. The Morgan fingerprint density at radius 2 is 1.64 bits per heavy atom. The summed E-state index contributed by atoms with van der Waals surface area (Å²) >= 11 is 1.83. The van der Waals surface area contributed by atoms with Crippen LogP contribution in [0.4, 0.5) is 0 Å². The molecule has 2 aromatic carbocycles. The molecule has 0 aliphatic heterocycles. The van der Waals surface area contributed by atoms with Crippen LogP contribution in [0.3, 0.4) is 0 Å². The number of aromatic nitrogens is 2. The molecule has 0 spiro atoms. The Bertz CT molecular complexity index is 1120. The number of rotatable bonds is 1. The molecule has 0 fully saturated rings. The normalized spacial score (nSPS) is 11.6. The van der Waals surface area contributed by atoms with Gasteiger partial charge in [-0.3, -0.25) is 9.55 Å². The van der Waals surface area contributed by atoms with Crippen molar-refractivity contribution in [2.75, 3.05) is 0 Å². The molecule has 3 heterocycles. The number of pyridine rings is 1. The lowest BCUT2D eigenvalue weighted by molar-refractivity contribution is 1.19. The summed E-state index contributed by atoms with van der Waals surface area (Å²) in [5.41, 5.74) is 3.43. The highest BCUT2D eigenvalue weighted by Gasteiger charge is 2.17. The maximum atomic E-state index is 4.66. The second-order valence-corrected chi connectivity index (χ2v) is 6.35. The van der Waals surface area contributed by atoms with E-state index in [0.717, 1.165) is 5.52 Å². The lowest BCUT2D eigenvalue weighted by atomic mass is 10.2. The summed E-state index contributed by atoms with van der Waals surface area (Å²) < 4.78 is 3.63. The molecule has 104 valence electrons. The van der Waals surface area contributed by atoms with Gasteiger partial charge in [-0.15, -0.1) is 11.3 Å². The molecule has 0 atom stereocenters. The third-order valence-electron chi connectivity index (χ3n) is 4.06. The summed E-state index contributed by atoms with van der Waals surface area (Å²) in [4.78, 5) is 5.93. The Kier molecular flexibility index (Phi) is 2.40. The number of nitrogens with zero attached hydrogens (tertiary/aromatic N) is 2. The predicted molar refractivity (Wildman–Crippen MR) is 94.0 cm³/mol. The zero-order chi connectivity index (χ0) is 14.5. The fraction of sp³-hybridized carbons (Fsp3) is 0. The number of benzene rings is 2. The first kappa shape index (κ1) is 12.0. The van der Waals surface area contributed by atoms with Gasteiger partial charge in [0, 0.05) is 27.4 Å². The average molecular weight is 300 g/mol. The molecule has 0 bridgehead atoms. The number of hydrogen-bond acceptors (Lipinski definition) is 2. The summed E-state index contributed by atoms with van der Waals surface area (Å²) in [5.74, 6) is 0. The van der Waals surface area contributed by atoms with Crippen molar-refractivity contribution in [2.45, 2.75) is 0 Å². The summed E-state index contributed by atoms with van der Waals surface area (Å²) in [6.07, 6.45) is 1.88. The van der Waals surface area contributed by atoms with Crippen molar-refractivity contribution in [3.05, 3.63) is 72.9 Å². The molecule has 5 aromatic rings. The van der Waals surface area contributed by atoms with Gasteiger partial charge in [-0.2, -0.15) is 0 Å². The molecule has 5 rings (SSSR count). The molecule has 3 heteroatoms. The van der Waals surface area contributed by atoms with E-state index in [2.05, 4.69) is 70.2 Å². The minimum absolute atomic E-state index is 1.08. The van der Waals surface area contributed by atoms with Crippen molar-refractivity contribution >= 4 is 42.7 Å². The first-order chi connectivity index (χ1) is 10.9. The van der Waals surface area contributed by atoms with Gasteiger partial charge in [0.2, 0.25) is 0 Å². The summed E-state index contributed by atoms with van der Waals surface area (Å²) in [6.45, 7) is 0. The summed E-state index contributed by atoms with van der Waals surface area (Å²) in [6, 6.07) is 23.2. The quantitative estimate of drug-likeness (QED) is 0.405. The molecule has 22 heavy (non-hydrogen) atoms. The van der Waals surface area contributed by atoms with Crippen LogP contribution in [0.5, 0.6) is 0 Å². The SMILES string of the molecule is c1ccc(-n2c3cccnc3c3c4ccccc4sc32)cc1. The van der Waals surface area contributed by atoms with Gasteiger partial charge >= 0.3 is 0 Å². The smallest absolute Gasteiger partial charge is 0.111 e. The predicted octanol–water partition coefficient (Wildman–Crippen LogP) is 5.39. The summed E-state index contributed by atoms with van der Waals surface area (Å²) in [5, 5.41) is 2.56. The lowest BCUT2D eigenvalue weighted by Crippen LogP contribution is -1.91. The van der Waals surface area contributed by atoms with Crippen molar-refractivity contribution in [3.63, 3.8) is 0 Å². The number of thiophene rings is 1. The van der Waals surface area contributed by atoms with Crippen molar-refractivity contribution < 1.29 is 0 Å². The van der Waals surface area contributed by atoms with Crippen molar-refractivity contribution in [3.8, 4) is 5.69 Å².